The standard InChI is InChI=1S/C16H25N3O4/c1-11(20)19(9-8-18-15(21)23-16(2,3)4)12-6-7-13(17)14(10-12)22-5/h6-7,10H,8-9,17H2,1-5H3,(H,18,21). The molecule has 0 heterocycles. The van der Waals surface area contributed by atoms with Crippen molar-refractivity contribution in [3.63, 3.8) is 0 Å². The van der Waals surface area contributed by atoms with Gasteiger partial charge in [-0.1, -0.05) is 0 Å². The molecule has 23 heavy (non-hydrogen) atoms. The molecule has 0 bridgehead atoms. The van der Waals surface area contributed by atoms with Gasteiger partial charge in [-0.15, -0.1) is 0 Å². The summed E-state index contributed by atoms with van der Waals surface area (Å²) in [5.74, 6) is 0.344. The topological polar surface area (TPSA) is 93.9 Å². The van der Waals surface area contributed by atoms with Gasteiger partial charge in [0.25, 0.3) is 0 Å². The molecule has 0 aromatic heterocycles. The highest BCUT2D eigenvalue weighted by Crippen LogP contribution is 2.27. The molecule has 0 spiro atoms. The lowest BCUT2D eigenvalue weighted by Crippen LogP contribution is -2.39. The molecular formula is C16H25N3O4. The average molecular weight is 323 g/mol. The van der Waals surface area contributed by atoms with Crippen LogP contribution in [-0.4, -0.2) is 37.8 Å². The molecule has 128 valence electrons. The van der Waals surface area contributed by atoms with Gasteiger partial charge in [-0.2, -0.15) is 0 Å². The predicted molar refractivity (Wildman–Crippen MR) is 89.7 cm³/mol. The number of rotatable bonds is 5. The van der Waals surface area contributed by atoms with E-state index in [4.69, 9.17) is 15.2 Å². The Hall–Kier alpha value is -2.44. The van der Waals surface area contributed by atoms with Crippen molar-refractivity contribution in [1.82, 2.24) is 5.32 Å². The summed E-state index contributed by atoms with van der Waals surface area (Å²) in [4.78, 5) is 25.0. The number of ether oxygens (including phenoxy) is 2. The van der Waals surface area contributed by atoms with Gasteiger partial charge in [-0.3, -0.25) is 4.79 Å². The summed E-state index contributed by atoms with van der Waals surface area (Å²) in [5, 5.41) is 2.62. The lowest BCUT2D eigenvalue weighted by atomic mass is 10.2. The number of alkyl carbamates (subject to hydrolysis) is 1. The number of carbonyl (C=O) groups excluding carboxylic acids is 2. The molecule has 2 amide bonds. The molecule has 0 atom stereocenters. The number of nitrogens with two attached hydrogens (primary N) is 1. The van der Waals surface area contributed by atoms with Crippen LogP contribution < -0.4 is 20.7 Å². The molecule has 0 radical (unpaired) electrons. The molecule has 1 aromatic rings. The second kappa shape index (κ2) is 7.71. The molecule has 7 nitrogen and oxygen atoms in total. The van der Waals surface area contributed by atoms with Crippen LogP contribution in [0.1, 0.15) is 27.7 Å². The Balaban J connectivity index is 2.70. The van der Waals surface area contributed by atoms with E-state index in [2.05, 4.69) is 5.32 Å². The zero-order chi connectivity index (χ0) is 17.6. The van der Waals surface area contributed by atoms with Crippen LogP contribution in [0.2, 0.25) is 0 Å². The summed E-state index contributed by atoms with van der Waals surface area (Å²) in [5.41, 5.74) is 6.35. The number of anilines is 2. The van der Waals surface area contributed by atoms with E-state index in [1.807, 2.05) is 0 Å². The van der Waals surface area contributed by atoms with Crippen molar-refractivity contribution in [3.8, 4) is 5.75 Å². The van der Waals surface area contributed by atoms with Crippen molar-refractivity contribution in [2.24, 2.45) is 0 Å². The van der Waals surface area contributed by atoms with Crippen LogP contribution in [0.4, 0.5) is 16.2 Å². The highest BCUT2D eigenvalue weighted by atomic mass is 16.6. The summed E-state index contributed by atoms with van der Waals surface area (Å²) in [6.07, 6.45) is -0.518. The Morgan fingerprint density at radius 3 is 2.48 bits per heavy atom. The smallest absolute Gasteiger partial charge is 0.407 e. The van der Waals surface area contributed by atoms with Crippen LogP contribution in [0, 0.1) is 0 Å². The summed E-state index contributed by atoms with van der Waals surface area (Å²) < 4.78 is 10.3. The molecule has 0 aliphatic heterocycles. The van der Waals surface area contributed by atoms with Crippen LogP contribution >= 0.6 is 0 Å². The number of nitrogen functional groups attached to an aromatic ring is 1. The summed E-state index contributed by atoms with van der Waals surface area (Å²) in [6.45, 7) is 7.39. The third-order valence-electron chi connectivity index (χ3n) is 2.91. The molecule has 3 N–H and O–H groups in total. The Morgan fingerprint density at radius 1 is 1.30 bits per heavy atom. The molecule has 0 saturated carbocycles. The van der Waals surface area contributed by atoms with Crippen LogP contribution in [-0.2, 0) is 9.53 Å². The zero-order valence-corrected chi connectivity index (χ0v) is 14.3. The fourth-order valence-electron chi connectivity index (χ4n) is 1.92. The Morgan fingerprint density at radius 2 is 1.96 bits per heavy atom. The maximum Gasteiger partial charge on any atom is 0.407 e. The van der Waals surface area contributed by atoms with Crippen molar-refractivity contribution >= 4 is 23.4 Å². The Labute approximate surface area is 136 Å². The van der Waals surface area contributed by atoms with Gasteiger partial charge >= 0.3 is 6.09 Å². The van der Waals surface area contributed by atoms with Crippen molar-refractivity contribution < 1.29 is 19.1 Å². The van der Waals surface area contributed by atoms with Crippen LogP contribution in [0.15, 0.2) is 18.2 Å². The minimum absolute atomic E-state index is 0.150. The van der Waals surface area contributed by atoms with Gasteiger partial charge in [0.05, 0.1) is 12.8 Å². The van der Waals surface area contributed by atoms with Crippen molar-refractivity contribution in [2.75, 3.05) is 30.8 Å². The number of amides is 2. The molecule has 1 rings (SSSR count). The number of nitrogens with zero attached hydrogens (tertiary/aromatic N) is 1. The lowest BCUT2D eigenvalue weighted by molar-refractivity contribution is -0.116. The third-order valence-corrected chi connectivity index (χ3v) is 2.91. The van der Waals surface area contributed by atoms with Crippen LogP contribution in [0.3, 0.4) is 0 Å². The largest absolute Gasteiger partial charge is 0.495 e. The van der Waals surface area contributed by atoms with E-state index in [1.165, 1.54) is 18.9 Å². The first-order chi connectivity index (χ1) is 10.6. The number of hydrogen-bond donors (Lipinski definition) is 2. The van der Waals surface area contributed by atoms with Gasteiger partial charge in [0, 0.05) is 31.8 Å². The first kappa shape index (κ1) is 18.6. The lowest BCUT2D eigenvalue weighted by Gasteiger charge is -2.23. The third kappa shape index (κ3) is 6.06. The fraction of sp³-hybridized carbons (Fsp3) is 0.500. The van der Waals surface area contributed by atoms with E-state index in [9.17, 15) is 9.59 Å². The van der Waals surface area contributed by atoms with Gasteiger partial charge < -0.3 is 25.4 Å². The van der Waals surface area contributed by atoms with E-state index in [0.29, 0.717) is 23.7 Å². The number of nitrogens with one attached hydrogen (secondary N) is 1. The molecule has 0 fully saturated rings. The van der Waals surface area contributed by atoms with Crippen molar-refractivity contribution in [2.45, 2.75) is 33.3 Å². The van der Waals surface area contributed by atoms with Gasteiger partial charge in [0.1, 0.15) is 11.4 Å². The number of methoxy groups -OCH3 is 1. The molecule has 7 heteroatoms. The number of benzene rings is 1. The number of carbonyl (C=O) groups is 2. The summed E-state index contributed by atoms with van der Waals surface area (Å²) >= 11 is 0. The molecule has 0 aliphatic carbocycles. The minimum atomic E-state index is -0.561. The quantitative estimate of drug-likeness (QED) is 0.810. The highest BCUT2D eigenvalue weighted by Gasteiger charge is 2.17. The SMILES string of the molecule is COc1cc(N(CCNC(=O)OC(C)(C)C)C(C)=O)ccc1N. The van der Waals surface area contributed by atoms with E-state index in [-0.39, 0.29) is 12.5 Å². The van der Waals surface area contributed by atoms with Gasteiger partial charge in [0.15, 0.2) is 0 Å². The maximum atomic E-state index is 11.8. The molecule has 1 aromatic carbocycles. The fourth-order valence-corrected chi connectivity index (χ4v) is 1.92. The zero-order valence-electron chi connectivity index (χ0n) is 14.3. The second-order valence-electron chi connectivity index (χ2n) is 6.03. The van der Waals surface area contributed by atoms with E-state index in [1.54, 1.807) is 39.0 Å². The average Bonchev–Trinajstić information content (AvgIpc) is 2.42. The van der Waals surface area contributed by atoms with E-state index in [0.717, 1.165) is 0 Å². The molecule has 0 unspecified atom stereocenters. The maximum absolute atomic E-state index is 11.8. The molecule has 0 saturated heterocycles. The van der Waals surface area contributed by atoms with Gasteiger partial charge in [-0.25, -0.2) is 4.79 Å². The second-order valence-corrected chi connectivity index (χ2v) is 6.03. The van der Waals surface area contributed by atoms with E-state index < -0.39 is 11.7 Å². The first-order valence-electron chi connectivity index (χ1n) is 7.32. The van der Waals surface area contributed by atoms with Gasteiger partial charge in [-0.05, 0) is 32.9 Å². The monoisotopic (exact) mass is 323 g/mol. The van der Waals surface area contributed by atoms with E-state index >= 15 is 0 Å². The summed E-state index contributed by atoms with van der Waals surface area (Å²) in [6, 6.07) is 5.09. The summed E-state index contributed by atoms with van der Waals surface area (Å²) in [7, 11) is 1.51. The molecule has 0 aliphatic rings. The predicted octanol–water partition coefficient (Wildman–Crippen LogP) is 2.15. The van der Waals surface area contributed by atoms with Gasteiger partial charge in [0.2, 0.25) is 5.91 Å². The molecular weight excluding hydrogens is 298 g/mol. The normalized spacial score (nSPS) is 10.8. The Kier molecular flexibility index (Phi) is 6.24. The van der Waals surface area contributed by atoms with Crippen molar-refractivity contribution in [1.29, 1.82) is 0 Å². The van der Waals surface area contributed by atoms with Crippen molar-refractivity contribution in [3.05, 3.63) is 18.2 Å². The minimum Gasteiger partial charge on any atom is -0.495 e. The van der Waals surface area contributed by atoms with Crippen LogP contribution in [0.5, 0.6) is 5.75 Å². The first-order valence-corrected chi connectivity index (χ1v) is 7.32. The highest BCUT2D eigenvalue weighted by molar-refractivity contribution is 5.92. The Bertz CT molecular complexity index is 567. The number of hydrogen-bond acceptors (Lipinski definition) is 5. The van der Waals surface area contributed by atoms with Crippen LogP contribution in [0.25, 0.3) is 0 Å².